The van der Waals surface area contributed by atoms with Gasteiger partial charge in [-0.25, -0.2) is 9.59 Å². The number of hydrogen-bond acceptors (Lipinski definition) is 6. The highest BCUT2D eigenvalue weighted by Crippen LogP contribution is 2.28. The molecule has 0 radical (unpaired) electrons. The molecule has 1 aromatic carbocycles. The number of methoxy groups -OCH3 is 1. The molecule has 0 spiro atoms. The van der Waals surface area contributed by atoms with Crippen molar-refractivity contribution in [3.05, 3.63) is 47.7 Å². The third-order valence-electron chi connectivity index (χ3n) is 3.90. The molecule has 0 saturated carbocycles. The highest BCUT2D eigenvalue weighted by atomic mass is 16.5. The quantitative estimate of drug-likeness (QED) is 0.583. The summed E-state index contributed by atoms with van der Waals surface area (Å²) in [6.07, 6.45) is 2.46. The molecule has 0 saturated heterocycles. The van der Waals surface area contributed by atoms with Gasteiger partial charge in [0.1, 0.15) is 12.3 Å². The number of nitrogens with zero attached hydrogens (tertiary/aromatic N) is 1. The van der Waals surface area contributed by atoms with E-state index >= 15 is 0 Å². The van der Waals surface area contributed by atoms with Gasteiger partial charge in [-0.2, -0.15) is 0 Å². The molecule has 6 heteroatoms. The predicted molar refractivity (Wildman–Crippen MR) is 86.7 cm³/mol. The Hall–Kier alpha value is -2.63. The zero-order valence-corrected chi connectivity index (χ0v) is 13.8. The molecule has 0 bridgehead atoms. The van der Waals surface area contributed by atoms with Gasteiger partial charge in [-0.15, -0.1) is 0 Å². The van der Waals surface area contributed by atoms with Gasteiger partial charge in [-0.05, 0) is 18.9 Å². The summed E-state index contributed by atoms with van der Waals surface area (Å²) in [5.74, 6) is -1.63. The molecule has 1 heterocycles. The Morgan fingerprint density at radius 1 is 1.29 bits per heavy atom. The minimum atomic E-state index is -0.754. The SMILES string of the molecule is CCOC(=O)[C@@H]1[C@@H](C=O)CC(C(=O)OC)=CN1Cc1ccccc1. The Balaban J connectivity index is 2.36. The number of carbonyl (C=O) groups excluding carboxylic acids is 3. The van der Waals surface area contributed by atoms with Crippen LogP contribution in [0.2, 0.25) is 0 Å². The van der Waals surface area contributed by atoms with E-state index in [1.54, 1.807) is 18.0 Å². The molecular formula is C18H21NO5. The van der Waals surface area contributed by atoms with Crippen LogP contribution in [0, 0.1) is 5.92 Å². The fourth-order valence-corrected chi connectivity index (χ4v) is 2.81. The number of esters is 2. The molecule has 0 aromatic heterocycles. The van der Waals surface area contributed by atoms with Crippen molar-refractivity contribution in [3.8, 4) is 0 Å². The number of benzene rings is 1. The van der Waals surface area contributed by atoms with E-state index in [-0.39, 0.29) is 13.0 Å². The van der Waals surface area contributed by atoms with Crippen LogP contribution >= 0.6 is 0 Å². The topological polar surface area (TPSA) is 72.9 Å². The number of hydrogen-bond donors (Lipinski definition) is 0. The summed E-state index contributed by atoms with van der Waals surface area (Å²) in [5, 5.41) is 0. The molecular weight excluding hydrogens is 310 g/mol. The van der Waals surface area contributed by atoms with Gasteiger partial charge < -0.3 is 19.2 Å². The maximum absolute atomic E-state index is 12.3. The summed E-state index contributed by atoms with van der Waals surface area (Å²) >= 11 is 0. The molecule has 0 aliphatic carbocycles. The van der Waals surface area contributed by atoms with Crippen molar-refractivity contribution in [1.29, 1.82) is 0 Å². The largest absolute Gasteiger partial charge is 0.466 e. The van der Waals surface area contributed by atoms with Crippen molar-refractivity contribution < 1.29 is 23.9 Å². The summed E-state index contributed by atoms with van der Waals surface area (Å²) < 4.78 is 9.88. The molecule has 2 rings (SSSR count). The molecule has 6 nitrogen and oxygen atoms in total. The van der Waals surface area contributed by atoms with Crippen LogP contribution in [-0.4, -0.2) is 42.9 Å². The van der Waals surface area contributed by atoms with E-state index in [0.29, 0.717) is 18.4 Å². The van der Waals surface area contributed by atoms with Gasteiger partial charge in [0, 0.05) is 12.7 Å². The number of ether oxygens (including phenoxy) is 2. The van der Waals surface area contributed by atoms with E-state index < -0.39 is 23.9 Å². The fraction of sp³-hybridized carbons (Fsp3) is 0.389. The Bertz CT molecular complexity index is 626. The van der Waals surface area contributed by atoms with Crippen LogP contribution in [0.5, 0.6) is 0 Å². The van der Waals surface area contributed by atoms with Crippen LogP contribution in [0.25, 0.3) is 0 Å². The predicted octanol–water partition coefficient (Wildman–Crippen LogP) is 1.70. The molecule has 1 aliphatic heterocycles. The van der Waals surface area contributed by atoms with Gasteiger partial charge in [-0.1, -0.05) is 30.3 Å². The lowest BCUT2D eigenvalue weighted by molar-refractivity contribution is -0.153. The zero-order chi connectivity index (χ0) is 17.5. The van der Waals surface area contributed by atoms with Crippen molar-refractivity contribution in [2.45, 2.75) is 25.9 Å². The van der Waals surface area contributed by atoms with Gasteiger partial charge >= 0.3 is 11.9 Å². The minimum absolute atomic E-state index is 0.158. The molecule has 1 aliphatic rings. The standard InChI is InChI=1S/C18H21NO5/c1-3-24-18(22)16-15(12-20)9-14(17(21)23-2)11-19(16)10-13-7-5-4-6-8-13/h4-8,11-12,15-16H,3,9-10H2,1-2H3/t15-,16+/m1/s1. The van der Waals surface area contributed by atoms with Gasteiger partial charge in [0.15, 0.2) is 0 Å². The van der Waals surface area contributed by atoms with Gasteiger partial charge in [0.2, 0.25) is 0 Å². The maximum Gasteiger partial charge on any atom is 0.335 e. The summed E-state index contributed by atoms with van der Waals surface area (Å²) in [6.45, 7) is 2.33. The smallest absolute Gasteiger partial charge is 0.335 e. The van der Waals surface area contributed by atoms with Crippen LogP contribution in [0.3, 0.4) is 0 Å². The van der Waals surface area contributed by atoms with Crippen molar-refractivity contribution in [1.82, 2.24) is 4.90 Å². The van der Waals surface area contributed by atoms with E-state index in [4.69, 9.17) is 9.47 Å². The molecule has 0 fully saturated rings. The summed E-state index contributed by atoms with van der Waals surface area (Å²) in [4.78, 5) is 37.4. The van der Waals surface area contributed by atoms with Gasteiger partial charge in [0.05, 0.1) is 25.2 Å². The Kier molecular flexibility index (Phi) is 6.12. The Morgan fingerprint density at radius 3 is 2.58 bits per heavy atom. The van der Waals surface area contributed by atoms with Crippen LogP contribution in [0.15, 0.2) is 42.1 Å². The first-order chi connectivity index (χ1) is 11.6. The third-order valence-corrected chi connectivity index (χ3v) is 3.90. The van der Waals surface area contributed by atoms with Gasteiger partial charge in [-0.3, -0.25) is 0 Å². The first-order valence-corrected chi connectivity index (χ1v) is 7.81. The lowest BCUT2D eigenvalue weighted by Gasteiger charge is -2.36. The second-order valence-corrected chi connectivity index (χ2v) is 5.50. The average molecular weight is 331 g/mol. The van der Waals surface area contributed by atoms with E-state index in [2.05, 4.69) is 0 Å². The minimum Gasteiger partial charge on any atom is -0.466 e. The maximum atomic E-state index is 12.3. The second kappa shape index (κ2) is 8.29. The number of carbonyl (C=O) groups is 3. The van der Waals surface area contributed by atoms with E-state index in [9.17, 15) is 14.4 Å². The van der Waals surface area contributed by atoms with Crippen LogP contribution in [0.4, 0.5) is 0 Å². The summed E-state index contributed by atoms with van der Waals surface area (Å²) in [6, 6.07) is 8.75. The Labute approximate surface area is 141 Å². The van der Waals surface area contributed by atoms with E-state index in [1.165, 1.54) is 7.11 Å². The highest BCUT2D eigenvalue weighted by Gasteiger charge is 2.39. The monoisotopic (exact) mass is 331 g/mol. The molecule has 128 valence electrons. The van der Waals surface area contributed by atoms with Crippen LogP contribution in [0.1, 0.15) is 18.9 Å². The molecule has 1 aromatic rings. The first-order valence-electron chi connectivity index (χ1n) is 7.81. The van der Waals surface area contributed by atoms with Crippen molar-refractivity contribution in [2.75, 3.05) is 13.7 Å². The Morgan fingerprint density at radius 2 is 2.00 bits per heavy atom. The second-order valence-electron chi connectivity index (χ2n) is 5.50. The summed E-state index contributed by atoms with van der Waals surface area (Å²) in [7, 11) is 1.29. The normalized spacial score (nSPS) is 20.1. The van der Waals surface area contributed by atoms with E-state index in [1.807, 2.05) is 30.3 Å². The lowest BCUT2D eigenvalue weighted by atomic mass is 9.88. The van der Waals surface area contributed by atoms with E-state index in [0.717, 1.165) is 5.56 Å². The molecule has 0 amide bonds. The van der Waals surface area contributed by atoms with Crippen molar-refractivity contribution in [3.63, 3.8) is 0 Å². The molecule has 2 atom stereocenters. The molecule has 24 heavy (non-hydrogen) atoms. The zero-order valence-electron chi connectivity index (χ0n) is 13.8. The lowest BCUT2D eigenvalue weighted by Crippen LogP contribution is -2.48. The summed E-state index contributed by atoms with van der Waals surface area (Å²) in [5.41, 5.74) is 1.32. The van der Waals surface area contributed by atoms with Crippen molar-refractivity contribution >= 4 is 18.2 Å². The van der Waals surface area contributed by atoms with Crippen LogP contribution < -0.4 is 0 Å². The third kappa shape index (κ3) is 4.01. The first kappa shape index (κ1) is 17.7. The number of aldehydes is 1. The van der Waals surface area contributed by atoms with Crippen molar-refractivity contribution in [2.24, 2.45) is 5.92 Å². The molecule has 0 N–H and O–H groups in total. The van der Waals surface area contributed by atoms with Gasteiger partial charge in [0.25, 0.3) is 0 Å². The average Bonchev–Trinajstić information content (AvgIpc) is 2.61. The van der Waals surface area contributed by atoms with Crippen LogP contribution in [-0.2, 0) is 30.4 Å². The fourth-order valence-electron chi connectivity index (χ4n) is 2.81. The highest BCUT2D eigenvalue weighted by molar-refractivity contribution is 5.90. The molecule has 0 unspecified atom stereocenters. The number of rotatable bonds is 6.